The molecule has 0 aliphatic rings. The van der Waals surface area contributed by atoms with Crippen LogP contribution in [0, 0.1) is 10.1 Å². The Hall–Kier alpha value is -1.28. The van der Waals surface area contributed by atoms with Gasteiger partial charge < -0.3 is 5.32 Å². The van der Waals surface area contributed by atoms with Crippen molar-refractivity contribution in [2.45, 2.75) is 30.4 Å². The van der Waals surface area contributed by atoms with Crippen molar-refractivity contribution in [1.82, 2.24) is 0 Å². The Kier molecular flexibility index (Phi) is 5.63. The lowest BCUT2D eigenvalue weighted by atomic mass is 10.2. The van der Waals surface area contributed by atoms with Crippen LogP contribution in [0.15, 0.2) is 23.1 Å². The van der Waals surface area contributed by atoms with Gasteiger partial charge in [-0.1, -0.05) is 26.8 Å². The summed E-state index contributed by atoms with van der Waals surface area (Å²) in [6.07, 6.45) is 0.967. The number of thioether (sulfide) groups is 1. The van der Waals surface area contributed by atoms with Crippen LogP contribution >= 0.6 is 11.8 Å². The van der Waals surface area contributed by atoms with Crippen molar-refractivity contribution < 1.29 is 13.3 Å². The predicted octanol–water partition coefficient (Wildman–Crippen LogP) is 2.94. The number of nitrogens with zero attached hydrogens (tertiary/aromatic N) is 1. The number of anilines is 1. The molecule has 0 radical (unpaired) electrons. The molecule has 0 fully saturated rings. The van der Waals surface area contributed by atoms with Gasteiger partial charge in [-0.15, -0.1) is 0 Å². The first kappa shape index (κ1) is 17.8. The third-order valence-corrected chi connectivity index (χ3v) is 4.94. The van der Waals surface area contributed by atoms with E-state index >= 15 is 0 Å². The number of nitro benzene ring substituents is 1. The van der Waals surface area contributed by atoms with Gasteiger partial charge in [-0.05, 0) is 12.1 Å². The van der Waals surface area contributed by atoms with E-state index in [2.05, 4.69) is 26.1 Å². The monoisotopic (exact) mass is 332 g/mol. The lowest BCUT2D eigenvalue weighted by Gasteiger charge is -2.17. The van der Waals surface area contributed by atoms with Gasteiger partial charge in [-0.25, -0.2) is 8.42 Å². The van der Waals surface area contributed by atoms with Crippen molar-refractivity contribution in [3.8, 4) is 0 Å². The number of sulfone groups is 1. The fourth-order valence-corrected chi connectivity index (χ4v) is 3.37. The molecule has 0 bridgehead atoms. The van der Waals surface area contributed by atoms with E-state index in [1.54, 1.807) is 11.8 Å². The zero-order valence-electron chi connectivity index (χ0n) is 12.5. The molecule has 1 aromatic rings. The minimum Gasteiger partial charge on any atom is -0.379 e. The maximum absolute atomic E-state index is 11.6. The first-order chi connectivity index (χ1) is 9.52. The summed E-state index contributed by atoms with van der Waals surface area (Å²) in [6.45, 7) is 6.79. The Bertz CT molecular complexity index is 622. The molecule has 8 heteroatoms. The molecule has 21 heavy (non-hydrogen) atoms. The Labute approximate surface area is 129 Å². The predicted molar refractivity (Wildman–Crippen MR) is 86.9 cm³/mol. The summed E-state index contributed by atoms with van der Waals surface area (Å²) in [6, 6.07) is 4.28. The quantitative estimate of drug-likeness (QED) is 0.489. The number of para-hydroxylation sites is 1. The average Bonchev–Trinajstić information content (AvgIpc) is 2.31. The van der Waals surface area contributed by atoms with Crippen molar-refractivity contribution in [2.24, 2.45) is 0 Å². The van der Waals surface area contributed by atoms with Gasteiger partial charge in [0.2, 0.25) is 0 Å². The lowest BCUT2D eigenvalue weighted by molar-refractivity contribution is -0.386. The molecule has 0 saturated carbocycles. The summed E-state index contributed by atoms with van der Waals surface area (Å²) < 4.78 is 23.4. The highest BCUT2D eigenvalue weighted by atomic mass is 32.2. The second-order valence-electron chi connectivity index (χ2n) is 5.57. The highest BCUT2D eigenvalue weighted by Crippen LogP contribution is 2.32. The Balaban J connectivity index is 2.96. The van der Waals surface area contributed by atoms with Gasteiger partial charge in [0.1, 0.15) is 10.6 Å². The van der Waals surface area contributed by atoms with Crippen molar-refractivity contribution in [3.63, 3.8) is 0 Å². The topological polar surface area (TPSA) is 89.3 Å². The van der Waals surface area contributed by atoms with E-state index < -0.39 is 14.8 Å². The first-order valence-corrected chi connectivity index (χ1v) is 9.25. The summed E-state index contributed by atoms with van der Waals surface area (Å²) in [5, 5.41) is 14.1. The van der Waals surface area contributed by atoms with Crippen LogP contribution in [0.4, 0.5) is 11.4 Å². The number of nitrogens with one attached hydrogen (secondary N) is 1. The molecule has 0 heterocycles. The zero-order chi connectivity index (χ0) is 16.3. The molecule has 0 aliphatic heterocycles. The summed E-state index contributed by atoms with van der Waals surface area (Å²) in [4.78, 5) is 10.3. The van der Waals surface area contributed by atoms with Crippen molar-refractivity contribution in [3.05, 3.63) is 28.3 Å². The molecule has 118 valence electrons. The zero-order valence-corrected chi connectivity index (χ0v) is 14.2. The van der Waals surface area contributed by atoms with E-state index in [0.29, 0.717) is 6.54 Å². The standard InChI is InChI=1S/C13H20N2O4S2/c1-13(2,3)20-9-8-14-10-6-5-7-11(21(4,18)19)12(10)15(16)17/h5-7,14H,8-9H2,1-4H3. The van der Waals surface area contributed by atoms with E-state index in [-0.39, 0.29) is 21.0 Å². The van der Waals surface area contributed by atoms with E-state index in [4.69, 9.17) is 0 Å². The van der Waals surface area contributed by atoms with E-state index in [0.717, 1.165) is 12.0 Å². The largest absolute Gasteiger partial charge is 0.379 e. The van der Waals surface area contributed by atoms with Crippen LogP contribution < -0.4 is 5.32 Å². The molecule has 0 aromatic heterocycles. The van der Waals surface area contributed by atoms with E-state index in [1.807, 2.05) is 0 Å². The van der Waals surface area contributed by atoms with Crippen LogP contribution in [0.25, 0.3) is 0 Å². The molecule has 0 unspecified atom stereocenters. The Morgan fingerprint density at radius 3 is 2.43 bits per heavy atom. The smallest absolute Gasteiger partial charge is 0.310 e. The normalized spacial score (nSPS) is 12.2. The molecule has 1 aromatic carbocycles. The molecule has 0 atom stereocenters. The van der Waals surface area contributed by atoms with Crippen LogP contribution in [0.5, 0.6) is 0 Å². The van der Waals surface area contributed by atoms with E-state index in [9.17, 15) is 18.5 Å². The molecule has 0 aliphatic carbocycles. The number of nitro groups is 1. The van der Waals surface area contributed by atoms with Crippen LogP contribution in [0.3, 0.4) is 0 Å². The van der Waals surface area contributed by atoms with Crippen LogP contribution in [0.2, 0.25) is 0 Å². The SMILES string of the molecule is CC(C)(C)SCCNc1cccc(S(C)(=O)=O)c1[N+](=O)[O-]. The minimum atomic E-state index is -3.64. The Morgan fingerprint density at radius 1 is 1.33 bits per heavy atom. The second-order valence-corrected chi connectivity index (χ2v) is 9.48. The third kappa shape index (κ3) is 5.55. The number of benzene rings is 1. The van der Waals surface area contributed by atoms with Crippen LogP contribution in [0.1, 0.15) is 20.8 Å². The molecule has 1 rings (SSSR count). The third-order valence-electron chi connectivity index (χ3n) is 2.53. The molecule has 0 amide bonds. The van der Waals surface area contributed by atoms with Gasteiger partial charge in [0.15, 0.2) is 9.84 Å². The fourth-order valence-electron chi connectivity index (χ4n) is 1.70. The molecular formula is C13H20N2O4S2. The number of rotatable bonds is 6. The maximum Gasteiger partial charge on any atom is 0.310 e. The maximum atomic E-state index is 11.6. The van der Waals surface area contributed by atoms with Gasteiger partial charge >= 0.3 is 5.69 Å². The lowest BCUT2D eigenvalue weighted by Crippen LogP contribution is -2.14. The molecule has 1 N–H and O–H groups in total. The van der Waals surface area contributed by atoms with Crippen LogP contribution in [-0.2, 0) is 9.84 Å². The highest BCUT2D eigenvalue weighted by Gasteiger charge is 2.25. The highest BCUT2D eigenvalue weighted by molar-refractivity contribution is 8.00. The van der Waals surface area contributed by atoms with Gasteiger partial charge in [0, 0.05) is 23.3 Å². The molecule has 6 nitrogen and oxygen atoms in total. The van der Waals surface area contributed by atoms with Gasteiger partial charge in [0.05, 0.1) is 4.92 Å². The first-order valence-electron chi connectivity index (χ1n) is 6.37. The van der Waals surface area contributed by atoms with Gasteiger partial charge in [-0.3, -0.25) is 10.1 Å². The second kappa shape index (κ2) is 6.65. The number of hydrogen-bond acceptors (Lipinski definition) is 6. The van der Waals surface area contributed by atoms with Crippen molar-refractivity contribution in [2.75, 3.05) is 23.9 Å². The molecular weight excluding hydrogens is 312 g/mol. The van der Waals surface area contributed by atoms with Gasteiger partial charge in [-0.2, -0.15) is 11.8 Å². The Morgan fingerprint density at radius 2 is 1.95 bits per heavy atom. The average molecular weight is 332 g/mol. The van der Waals surface area contributed by atoms with E-state index in [1.165, 1.54) is 18.2 Å². The summed E-state index contributed by atoms with van der Waals surface area (Å²) in [5.74, 6) is 0.768. The summed E-state index contributed by atoms with van der Waals surface area (Å²) >= 11 is 1.73. The molecule has 0 saturated heterocycles. The minimum absolute atomic E-state index is 0.113. The molecule has 0 spiro atoms. The number of hydrogen-bond donors (Lipinski definition) is 1. The van der Waals surface area contributed by atoms with Crippen molar-refractivity contribution in [1.29, 1.82) is 0 Å². The summed E-state index contributed by atoms with van der Waals surface area (Å²) in [7, 11) is -3.64. The van der Waals surface area contributed by atoms with Crippen molar-refractivity contribution >= 4 is 33.0 Å². The summed E-state index contributed by atoms with van der Waals surface area (Å²) in [5.41, 5.74) is -0.154. The van der Waals surface area contributed by atoms with Crippen LogP contribution in [-0.4, -0.2) is 36.6 Å². The van der Waals surface area contributed by atoms with Gasteiger partial charge in [0.25, 0.3) is 0 Å². The fraction of sp³-hybridized carbons (Fsp3) is 0.538.